The molecule has 0 amide bonds. The summed E-state index contributed by atoms with van der Waals surface area (Å²) in [5, 5.41) is 27.9. The number of hydrogen-bond donors (Lipinski definition) is 4. The normalized spacial score (nSPS) is 21.2. The van der Waals surface area contributed by atoms with E-state index in [0.29, 0.717) is 26.1 Å². The lowest BCUT2D eigenvalue weighted by atomic mass is 9.79. The monoisotopic (exact) mass is 260 g/mol. The summed E-state index contributed by atoms with van der Waals surface area (Å²) in [6.45, 7) is 1.52. The maximum atomic E-state index is 10.1. The third kappa shape index (κ3) is 5.63. The molecule has 1 fully saturated rings. The zero-order valence-corrected chi connectivity index (χ0v) is 11.2. The van der Waals surface area contributed by atoms with Gasteiger partial charge in [0.25, 0.3) is 0 Å². The van der Waals surface area contributed by atoms with E-state index >= 15 is 0 Å². The summed E-state index contributed by atoms with van der Waals surface area (Å²) in [4.78, 5) is 1.87. The van der Waals surface area contributed by atoms with E-state index in [1.54, 1.807) is 0 Å². The third-order valence-corrected chi connectivity index (χ3v) is 3.79. The van der Waals surface area contributed by atoms with Gasteiger partial charge >= 0.3 is 0 Å². The summed E-state index contributed by atoms with van der Waals surface area (Å²) < 4.78 is 0. The van der Waals surface area contributed by atoms with Crippen LogP contribution < -0.4 is 5.73 Å². The molecule has 18 heavy (non-hydrogen) atoms. The summed E-state index contributed by atoms with van der Waals surface area (Å²) in [6, 6.07) is 0. The second-order valence-corrected chi connectivity index (χ2v) is 5.53. The Bertz CT molecular complexity index is 214. The van der Waals surface area contributed by atoms with Crippen molar-refractivity contribution in [3.05, 3.63) is 0 Å². The minimum absolute atomic E-state index is 0.0422. The van der Waals surface area contributed by atoms with E-state index in [4.69, 9.17) is 15.9 Å². The highest BCUT2D eigenvalue weighted by Crippen LogP contribution is 2.29. The fraction of sp³-hybridized carbons (Fsp3) is 1.00. The predicted octanol–water partition coefficient (Wildman–Crippen LogP) is -0.314. The number of nitrogens with zero attached hydrogens (tertiary/aromatic N) is 1. The molecule has 5 heteroatoms. The highest BCUT2D eigenvalue weighted by molar-refractivity contribution is 4.89. The SMILES string of the molecule is NC1(CC(O)CN(CCO)CCO)CCCCC1. The largest absolute Gasteiger partial charge is 0.395 e. The van der Waals surface area contributed by atoms with Gasteiger partial charge in [-0.2, -0.15) is 0 Å². The van der Waals surface area contributed by atoms with Crippen LogP contribution in [0.2, 0.25) is 0 Å². The van der Waals surface area contributed by atoms with E-state index in [0.717, 1.165) is 25.7 Å². The lowest BCUT2D eigenvalue weighted by Gasteiger charge is -2.36. The van der Waals surface area contributed by atoms with E-state index in [1.807, 2.05) is 4.90 Å². The van der Waals surface area contributed by atoms with Gasteiger partial charge in [-0.05, 0) is 19.3 Å². The van der Waals surface area contributed by atoms with E-state index < -0.39 is 6.10 Å². The maximum absolute atomic E-state index is 10.1. The lowest BCUT2D eigenvalue weighted by molar-refractivity contribution is 0.0607. The van der Waals surface area contributed by atoms with Crippen molar-refractivity contribution in [2.75, 3.05) is 32.8 Å². The summed E-state index contributed by atoms with van der Waals surface area (Å²) >= 11 is 0. The van der Waals surface area contributed by atoms with Crippen LogP contribution in [0.1, 0.15) is 38.5 Å². The molecule has 0 heterocycles. The van der Waals surface area contributed by atoms with Crippen molar-refractivity contribution in [2.45, 2.75) is 50.2 Å². The molecule has 1 atom stereocenters. The van der Waals surface area contributed by atoms with Crippen LogP contribution in [0.15, 0.2) is 0 Å². The molecule has 1 unspecified atom stereocenters. The average molecular weight is 260 g/mol. The first-order valence-corrected chi connectivity index (χ1v) is 7.01. The Morgan fingerprint density at radius 3 is 2.11 bits per heavy atom. The topological polar surface area (TPSA) is 90.0 Å². The highest BCUT2D eigenvalue weighted by Gasteiger charge is 2.30. The van der Waals surface area contributed by atoms with Crippen molar-refractivity contribution in [2.24, 2.45) is 5.73 Å². The molecule has 0 aromatic rings. The molecule has 0 radical (unpaired) electrons. The highest BCUT2D eigenvalue weighted by atomic mass is 16.3. The summed E-state index contributed by atoms with van der Waals surface area (Å²) in [5.41, 5.74) is 6.09. The number of aliphatic hydroxyl groups is 3. The van der Waals surface area contributed by atoms with Crippen molar-refractivity contribution in [3.63, 3.8) is 0 Å². The molecule has 5 N–H and O–H groups in total. The van der Waals surface area contributed by atoms with Crippen LogP contribution in [0, 0.1) is 0 Å². The molecule has 0 saturated heterocycles. The van der Waals surface area contributed by atoms with Crippen LogP contribution in [0.4, 0.5) is 0 Å². The first kappa shape index (κ1) is 15.9. The van der Waals surface area contributed by atoms with Gasteiger partial charge in [0.2, 0.25) is 0 Å². The number of aliphatic hydroxyl groups excluding tert-OH is 3. The fourth-order valence-corrected chi connectivity index (χ4v) is 2.87. The van der Waals surface area contributed by atoms with Crippen LogP contribution in [0.5, 0.6) is 0 Å². The fourth-order valence-electron chi connectivity index (χ4n) is 2.87. The van der Waals surface area contributed by atoms with Gasteiger partial charge in [0, 0.05) is 25.2 Å². The quantitative estimate of drug-likeness (QED) is 0.480. The van der Waals surface area contributed by atoms with E-state index in [1.165, 1.54) is 6.42 Å². The van der Waals surface area contributed by atoms with E-state index in [2.05, 4.69) is 0 Å². The zero-order chi connectivity index (χ0) is 13.4. The van der Waals surface area contributed by atoms with E-state index in [9.17, 15) is 5.11 Å². The van der Waals surface area contributed by atoms with Crippen molar-refractivity contribution in [1.29, 1.82) is 0 Å². The van der Waals surface area contributed by atoms with E-state index in [-0.39, 0.29) is 18.8 Å². The lowest BCUT2D eigenvalue weighted by Crippen LogP contribution is -2.47. The summed E-state index contributed by atoms with van der Waals surface area (Å²) in [5.74, 6) is 0. The second kappa shape index (κ2) is 8.07. The number of hydrogen-bond acceptors (Lipinski definition) is 5. The van der Waals surface area contributed by atoms with Gasteiger partial charge < -0.3 is 21.1 Å². The molecule has 108 valence electrons. The van der Waals surface area contributed by atoms with Crippen LogP contribution >= 0.6 is 0 Å². The summed E-state index contributed by atoms with van der Waals surface area (Å²) in [6.07, 6.45) is 5.66. The molecule has 1 saturated carbocycles. The molecule has 5 nitrogen and oxygen atoms in total. The van der Waals surface area contributed by atoms with Crippen LogP contribution in [0.3, 0.4) is 0 Å². The molecule has 0 aromatic heterocycles. The van der Waals surface area contributed by atoms with Gasteiger partial charge in [-0.25, -0.2) is 0 Å². The molecule has 0 bridgehead atoms. The Morgan fingerprint density at radius 1 is 1.06 bits per heavy atom. The Kier molecular flexibility index (Phi) is 7.11. The first-order chi connectivity index (χ1) is 8.59. The van der Waals surface area contributed by atoms with Crippen molar-refractivity contribution in [3.8, 4) is 0 Å². The molecular formula is C13H28N2O3. The zero-order valence-electron chi connectivity index (χ0n) is 11.2. The van der Waals surface area contributed by atoms with Gasteiger partial charge in [-0.3, -0.25) is 4.90 Å². The summed E-state index contributed by atoms with van der Waals surface area (Å²) in [7, 11) is 0. The van der Waals surface area contributed by atoms with Gasteiger partial charge in [-0.15, -0.1) is 0 Å². The van der Waals surface area contributed by atoms with Crippen LogP contribution in [0.25, 0.3) is 0 Å². The Balaban J connectivity index is 2.35. The minimum atomic E-state index is -0.480. The van der Waals surface area contributed by atoms with Crippen LogP contribution in [-0.4, -0.2) is 64.7 Å². The first-order valence-electron chi connectivity index (χ1n) is 7.01. The van der Waals surface area contributed by atoms with Crippen molar-refractivity contribution >= 4 is 0 Å². The van der Waals surface area contributed by atoms with Gasteiger partial charge in [0.05, 0.1) is 19.3 Å². The predicted molar refractivity (Wildman–Crippen MR) is 71.2 cm³/mol. The molecule has 1 aliphatic carbocycles. The van der Waals surface area contributed by atoms with Gasteiger partial charge in [0.1, 0.15) is 0 Å². The smallest absolute Gasteiger partial charge is 0.0684 e. The Morgan fingerprint density at radius 2 is 1.61 bits per heavy atom. The van der Waals surface area contributed by atoms with Crippen molar-refractivity contribution in [1.82, 2.24) is 4.90 Å². The van der Waals surface area contributed by atoms with Crippen LogP contribution in [-0.2, 0) is 0 Å². The number of rotatable bonds is 8. The molecule has 0 spiro atoms. The third-order valence-electron chi connectivity index (χ3n) is 3.79. The molecule has 1 aliphatic rings. The second-order valence-electron chi connectivity index (χ2n) is 5.53. The molecule has 0 aromatic carbocycles. The molecular weight excluding hydrogens is 232 g/mol. The Hall–Kier alpha value is -0.200. The minimum Gasteiger partial charge on any atom is -0.395 e. The van der Waals surface area contributed by atoms with Gasteiger partial charge in [-0.1, -0.05) is 19.3 Å². The number of nitrogens with two attached hydrogens (primary N) is 1. The maximum Gasteiger partial charge on any atom is 0.0684 e. The van der Waals surface area contributed by atoms with Crippen molar-refractivity contribution < 1.29 is 15.3 Å². The average Bonchev–Trinajstić information content (AvgIpc) is 2.29. The Labute approximate surface area is 110 Å². The van der Waals surface area contributed by atoms with Gasteiger partial charge in [0.15, 0.2) is 0 Å². The standard InChI is InChI=1S/C13H28N2O3/c14-13(4-2-1-3-5-13)10-12(18)11-15(6-8-16)7-9-17/h12,16-18H,1-11,14H2. The molecule has 1 rings (SSSR count). The molecule has 0 aliphatic heterocycles.